The average Bonchev–Trinajstić information content (AvgIpc) is 3.56. The van der Waals surface area contributed by atoms with Crippen molar-refractivity contribution in [1.82, 2.24) is 29.9 Å². The zero-order valence-electron chi connectivity index (χ0n) is 18.5. The number of fused-ring (bicyclic) bond motifs is 1. The molecule has 4 heterocycles. The first-order chi connectivity index (χ1) is 16.0. The van der Waals surface area contributed by atoms with Gasteiger partial charge < -0.3 is 14.5 Å². The summed E-state index contributed by atoms with van der Waals surface area (Å²) in [5, 5.41) is 13.0. The van der Waals surface area contributed by atoms with Gasteiger partial charge in [-0.25, -0.2) is 9.37 Å². The summed E-state index contributed by atoms with van der Waals surface area (Å²) < 4.78 is 26.9. The summed E-state index contributed by atoms with van der Waals surface area (Å²) in [4.78, 5) is 7.74. The van der Waals surface area contributed by atoms with Gasteiger partial charge in [-0.1, -0.05) is 12.1 Å². The van der Waals surface area contributed by atoms with Crippen LogP contribution >= 0.6 is 0 Å². The molecule has 0 bridgehead atoms. The molecule has 0 aliphatic carbocycles. The predicted molar refractivity (Wildman–Crippen MR) is 122 cm³/mol. The van der Waals surface area contributed by atoms with Crippen LogP contribution in [-0.2, 0) is 22.1 Å². The largest absolute Gasteiger partial charge is 0.359 e. The second kappa shape index (κ2) is 8.27. The van der Waals surface area contributed by atoms with E-state index in [0.717, 1.165) is 27.9 Å². The van der Waals surface area contributed by atoms with Gasteiger partial charge in [-0.3, -0.25) is 9.78 Å². The highest BCUT2D eigenvalue weighted by Crippen LogP contribution is 2.36. The van der Waals surface area contributed by atoms with E-state index in [1.807, 2.05) is 50.6 Å². The van der Waals surface area contributed by atoms with E-state index < -0.39 is 5.60 Å². The van der Waals surface area contributed by atoms with Crippen molar-refractivity contribution in [2.45, 2.75) is 12.5 Å². The van der Waals surface area contributed by atoms with Crippen LogP contribution in [0.1, 0.15) is 18.2 Å². The minimum absolute atomic E-state index is 0.0335. The molecule has 0 aliphatic rings. The second-order valence-electron chi connectivity index (χ2n) is 7.96. The number of hydrogen-bond donors (Lipinski definition) is 2. The molecule has 5 aromatic rings. The zero-order valence-corrected chi connectivity index (χ0v) is 18.5. The molecule has 4 aromatic heterocycles. The summed E-state index contributed by atoms with van der Waals surface area (Å²) in [5.41, 5.74) is 4.41. The normalized spacial score (nSPS) is 13.5. The molecule has 0 saturated carbocycles. The summed E-state index contributed by atoms with van der Waals surface area (Å²) in [7, 11) is 3.42. The maximum absolute atomic E-state index is 14.0. The summed E-state index contributed by atoms with van der Waals surface area (Å²) in [6, 6.07) is 12.2. The number of aromatic amines is 2. The first-order valence-electron chi connectivity index (χ1n) is 10.4. The highest BCUT2D eigenvalue weighted by Gasteiger charge is 2.33. The fourth-order valence-corrected chi connectivity index (χ4v) is 3.91. The number of halogens is 1. The lowest BCUT2D eigenvalue weighted by Gasteiger charge is -2.29. The number of ether oxygens (including phenoxy) is 2. The van der Waals surface area contributed by atoms with Gasteiger partial charge in [0, 0.05) is 49.3 Å². The van der Waals surface area contributed by atoms with Crippen molar-refractivity contribution in [2.75, 3.05) is 13.9 Å². The van der Waals surface area contributed by atoms with E-state index in [1.165, 1.54) is 12.1 Å². The summed E-state index contributed by atoms with van der Waals surface area (Å²) in [6.07, 6.45) is 5.56. The van der Waals surface area contributed by atoms with Crippen LogP contribution in [0.3, 0.4) is 0 Å². The Balaban J connectivity index is 1.57. The lowest BCUT2D eigenvalue weighted by molar-refractivity contribution is -0.109. The quantitative estimate of drug-likeness (QED) is 0.362. The molecule has 8 nitrogen and oxygen atoms in total. The van der Waals surface area contributed by atoms with E-state index in [0.29, 0.717) is 17.0 Å². The number of H-pyrrole nitrogens is 2. The first kappa shape index (κ1) is 21.0. The Kier molecular flexibility index (Phi) is 5.27. The molecule has 0 saturated heterocycles. The Morgan fingerprint density at radius 2 is 2.03 bits per heavy atom. The fraction of sp³-hybridized carbons (Fsp3) is 0.208. The van der Waals surface area contributed by atoms with Crippen molar-refractivity contribution >= 4 is 11.0 Å². The van der Waals surface area contributed by atoms with Crippen LogP contribution in [0.4, 0.5) is 4.39 Å². The number of nitrogens with one attached hydrogen (secondary N) is 2. The third-order valence-corrected chi connectivity index (χ3v) is 5.75. The summed E-state index contributed by atoms with van der Waals surface area (Å²) >= 11 is 0. The van der Waals surface area contributed by atoms with Crippen LogP contribution in [0.15, 0.2) is 61.1 Å². The molecule has 168 valence electrons. The number of nitrogens with zero attached hydrogens (tertiary/aromatic N) is 4. The van der Waals surface area contributed by atoms with E-state index in [-0.39, 0.29) is 12.6 Å². The number of aryl methyl sites for hydroxylation is 1. The maximum atomic E-state index is 14.0. The summed E-state index contributed by atoms with van der Waals surface area (Å²) in [5.74, 6) is -0.343. The number of pyridine rings is 1. The Morgan fingerprint density at radius 1 is 1.15 bits per heavy atom. The third kappa shape index (κ3) is 3.81. The van der Waals surface area contributed by atoms with Crippen molar-refractivity contribution in [2.24, 2.45) is 7.05 Å². The molecule has 5 rings (SSSR count). The molecule has 1 aromatic carbocycles. The van der Waals surface area contributed by atoms with Crippen LogP contribution in [-0.4, -0.2) is 43.8 Å². The van der Waals surface area contributed by atoms with Gasteiger partial charge in [-0.15, -0.1) is 0 Å². The minimum atomic E-state index is -0.993. The van der Waals surface area contributed by atoms with E-state index in [4.69, 9.17) is 9.47 Å². The minimum Gasteiger partial charge on any atom is -0.359 e. The van der Waals surface area contributed by atoms with Crippen LogP contribution in [0.5, 0.6) is 0 Å². The van der Waals surface area contributed by atoms with Gasteiger partial charge in [-0.05, 0) is 42.8 Å². The predicted octanol–water partition coefficient (Wildman–Crippen LogP) is 4.38. The van der Waals surface area contributed by atoms with Gasteiger partial charge in [0.05, 0.1) is 17.1 Å². The van der Waals surface area contributed by atoms with E-state index in [2.05, 4.69) is 25.3 Å². The Bertz CT molecular complexity index is 1420. The number of rotatable bonds is 7. The molecule has 9 heteroatoms. The molecular formula is C24H23FN6O2. The van der Waals surface area contributed by atoms with Crippen molar-refractivity contribution in [1.29, 1.82) is 0 Å². The maximum Gasteiger partial charge on any atom is 0.148 e. The van der Waals surface area contributed by atoms with Gasteiger partial charge >= 0.3 is 0 Å². The molecule has 0 spiro atoms. The van der Waals surface area contributed by atoms with Crippen LogP contribution in [0, 0.1) is 5.82 Å². The fourth-order valence-electron chi connectivity index (χ4n) is 3.91. The van der Waals surface area contributed by atoms with Crippen LogP contribution in [0.2, 0.25) is 0 Å². The number of methoxy groups -OCH3 is 1. The first-order valence-corrected chi connectivity index (χ1v) is 10.4. The van der Waals surface area contributed by atoms with E-state index in [1.54, 1.807) is 24.1 Å². The Labute approximate surface area is 189 Å². The van der Waals surface area contributed by atoms with Gasteiger partial charge in [-0.2, -0.15) is 10.2 Å². The van der Waals surface area contributed by atoms with Crippen LogP contribution < -0.4 is 0 Å². The van der Waals surface area contributed by atoms with Crippen LogP contribution in [0.25, 0.3) is 33.5 Å². The zero-order chi connectivity index (χ0) is 23.0. The highest BCUT2D eigenvalue weighted by atomic mass is 19.1. The number of hydrogen-bond acceptors (Lipinski definition) is 5. The lowest BCUT2D eigenvalue weighted by atomic mass is 9.91. The monoisotopic (exact) mass is 446 g/mol. The molecule has 0 amide bonds. The molecule has 33 heavy (non-hydrogen) atoms. The molecule has 0 radical (unpaired) electrons. The standard InChI is InChI=1S/C24H23FN6O2/c1-24(33-14-32-3,16-5-4-6-17(25)10-16)22-11-21(28-29-22)19-13-27-23-18(19)9-15(12-26-23)20-7-8-31(2)30-20/h4-13H,14H2,1-3H3,(H,26,27)(H,28,29). The van der Waals surface area contributed by atoms with Gasteiger partial charge in [0.1, 0.15) is 23.9 Å². The van der Waals surface area contributed by atoms with Crippen molar-refractivity contribution in [3.8, 4) is 22.5 Å². The average molecular weight is 446 g/mol. The van der Waals surface area contributed by atoms with Gasteiger partial charge in [0.2, 0.25) is 0 Å². The Morgan fingerprint density at radius 3 is 2.79 bits per heavy atom. The second-order valence-corrected chi connectivity index (χ2v) is 7.96. The topological polar surface area (TPSA) is 93.6 Å². The Hall–Kier alpha value is -3.82. The third-order valence-electron chi connectivity index (χ3n) is 5.75. The van der Waals surface area contributed by atoms with E-state index in [9.17, 15) is 4.39 Å². The molecule has 2 N–H and O–H groups in total. The molecule has 0 fully saturated rings. The van der Waals surface area contributed by atoms with Gasteiger partial charge in [0.15, 0.2) is 0 Å². The molecule has 1 unspecified atom stereocenters. The molecule has 1 atom stereocenters. The van der Waals surface area contributed by atoms with E-state index >= 15 is 0 Å². The highest BCUT2D eigenvalue weighted by molar-refractivity contribution is 5.94. The SMILES string of the molecule is COCOC(C)(c1cccc(F)c1)c1cc(-c2c[nH]c3ncc(-c4ccn(C)n4)cc23)n[nH]1. The van der Waals surface area contributed by atoms with Crippen molar-refractivity contribution in [3.63, 3.8) is 0 Å². The lowest BCUT2D eigenvalue weighted by Crippen LogP contribution is -2.29. The number of benzene rings is 1. The van der Waals surface area contributed by atoms with Crippen molar-refractivity contribution < 1.29 is 13.9 Å². The molecule has 0 aliphatic heterocycles. The molecular weight excluding hydrogens is 423 g/mol. The van der Waals surface area contributed by atoms with Gasteiger partial charge in [0.25, 0.3) is 0 Å². The summed E-state index contributed by atoms with van der Waals surface area (Å²) in [6.45, 7) is 1.89. The van der Waals surface area contributed by atoms with Crippen molar-refractivity contribution in [3.05, 3.63) is 78.1 Å². The smallest absolute Gasteiger partial charge is 0.148 e. The number of aromatic nitrogens is 6.